The third-order valence-electron chi connectivity index (χ3n) is 6.05. The van der Waals surface area contributed by atoms with E-state index < -0.39 is 30.9 Å². The summed E-state index contributed by atoms with van der Waals surface area (Å²) in [5.41, 5.74) is 3.28. The number of ether oxygens (including phenoxy) is 1. The predicted octanol–water partition coefficient (Wildman–Crippen LogP) is 7.12. The summed E-state index contributed by atoms with van der Waals surface area (Å²) in [6.07, 6.45) is 1.06. The lowest BCUT2D eigenvalue weighted by molar-refractivity contribution is -0.132. The van der Waals surface area contributed by atoms with Gasteiger partial charge in [0.05, 0.1) is 29.8 Å². The van der Waals surface area contributed by atoms with Gasteiger partial charge in [0.25, 0.3) is 0 Å². The molecule has 2 aliphatic heterocycles. The molecule has 37 heavy (non-hydrogen) atoms. The van der Waals surface area contributed by atoms with Crippen LogP contribution in [-0.4, -0.2) is 34.4 Å². The Bertz CT molecular complexity index is 1320. The van der Waals surface area contributed by atoms with E-state index in [0.29, 0.717) is 29.2 Å². The molecule has 1 N–H and O–H groups in total. The topological polar surface area (TPSA) is 62.1 Å². The van der Waals surface area contributed by atoms with E-state index in [1.54, 1.807) is 31.3 Å². The Hall–Kier alpha value is -3.88. The number of benzene rings is 2. The zero-order valence-corrected chi connectivity index (χ0v) is 20.3. The summed E-state index contributed by atoms with van der Waals surface area (Å²) in [5, 5.41) is 9.43. The number of rotatable bonds is 6. The highest BCUT2D eigenvalue weighted by atomic mass is 19.4. The number of nitrogens with zero attached hydrogens (tertiary/aromatic N) is 2. The monoisotopic (exact) mass is 514 g/mol. The molecule has 2 aliphatic rings. The highest BCUT2D eigenvalue weighted by Crippen LogP contribution is 2.36. The number of aromatic carboxylic acids is 1. The molecule has 0 radical (unpaired) electrons. The van der Waals surface area contributed by atoms with Gasteiger partial charge >= 0.3 is 12.1 Å². The fourth-order valence-corrected chi connectivity index (χ4v) is 4.28. The first-order chi connectivity index (χ1) is 17.5. The number of carboxylic acids is 1. The van der Waals surface area contributed by atoms with Gasteiger partial charge in [0, 0.05) is 24.5 Å². The normalized spacial score (nSPS) is 19.0. The van der Waals surface area contributed by atoms with Crippen molar-refractivity contribution in [3.05, 3.63) is 94.8 Å². The van der Waals surface area contributed by atoms with E-state index in [-0.39, 0.29) is 23.7 Å². The van der Waals surface area contributed by atoms with E-state index in [4.69, 9.17) is 4.74 Å². The van der Waals surface area contributed by atoms with E-state index in [2.05, 4.69) is 4.99 Å². The van der Waals surface area contributed by atoms with Crippen LogP contribution >= 0.6 is 0 Å². The highest BCUT2D eigenvalue weighted by molar-refractivity contribution is 6.04. The van der Waals surface area contributed by atoms with Crippen LogP contribution < -0.4 is 4.74 Å². The maximum atomic E-state index is 13.8. The Morgan fingerprint density at radius 2 is 1.97 bits per heavy atom. The van der Waals surface area contributed by atoms with Crippen molar-refractivity contribution in [2.45, 2.75) is 39.3 Å². The van der Waals surface area contributed by atoms with Crippen molar-refractivity contribution in [3.8, 4) is 5.75 Å². The number of aryl methyl sites for hydroxylation is 1. The van der Waals surface area contributed by atoms with Crippen molar-refractivity contribution < 1.29 is 32.2 Å². The van der Waals surface area contributed by atoms with Crippen LogP contribution in [-0.2, 0) is 0 Å². The number of hydrogen-bond acceptors (Lipinski definition) is 4. The molecule has 1 unspecified atom stereocenters. The maximum Gasteiger partial charge on any atom is 0.390 e. The van der Waals surface area contributed by atoms with Crippen molar-refractivity contribution in [2.24, 2.45) is 10.9 Å². The lowest BCUT2D eigenvalue weighted by atomic mass is 9.99. The first kappa shape index (κ1) is 26.2. The Kier molecular flexibility index (Phi) is 7.52. The van der Waals surface area contributed by atoms with Crippen LogP contribution in [0.5, 0.6) is 5.75 Å². The molecular formula is C28H26F4N2O3. The zero-order valence-electron chi connectivity index (χ0n) is 20.3. The van der Waals surface area contributed by atoms with Crippen molar-refractivity contribution in [3.63, 3.8) is 0 Å². The summed E-state index contributed by atoms with van der Waals surface area (Å²) in [5.74, 6) is -0.788. The van der Waals surface area contributed by atoms with Crippen LogP contribution in [0.3, 0.4) is 0 Å². The van der Waals surface area contributed by atoms with Gasteiger partial charge in [-0.25, -0.2) is 9.18 Å². The van der Waals surface area contributed by atoms with E-state index in [9.17, 15) is 27.5 Å². The Morgan fingerprint density at radius 1 is 1.19 bits per heavy atom. The first-order valence-corrected chi connectivity index (χ1v) is 11.8. The molecule has 0 saturated carbocycles. The van der Waals surface area contributed by atoms with Crippen molar-refractivity contribution in [1.82, 2.24) is 4.90 Å². The largest absolute Gasteiger partial charge is 0.478 e. The maximum absolute atomic E-state index is 13.8. The molecule has 0 fully saturated rings. The number of allylic oxidation sites excluding steroid dienone is 4. The van der Waals surface area contributed by atoms with Crippen LogP contribution in [0.25, 0.3) is 5.70 Å². The molecule has 5 nitrogen and oxygen atoms in total. The SMILES string of the molecule is Cc1cc(C2=CC(C)CC=C3C(=NCCC(F)(F)F)CC(Oc4cccc(F)c4)=CN32)ccc1C(=O)O. The average Bonchev–Trinajstić information content (AvgIpc) is 2.97. The lowest BCUT2D eigenvalue weighted by Gasteiger charge is -2.32. The highest BCUT2D eigenvalue weighted by Gasteiger charge is 2.30. The second-order valence-corrected chi connectivity index (χ2v) is 9.08. The molecule has 0 saturated heterocycles. The number of carbonyl (C=O) groups is 1. The minimum atomic E-state index is -4.34. The van der Waals surface area contributed by atoms with Gasteiger partial charge in [0.2, 0.25) is 0 Å². The standard InChI is InChI=1S/C28H26F4N2O3/c1-17-6-9-25-24(33-11-10-28(30,31)32)15-22(37-21-5-3-4-20(29)14-21)16-34(25)26(12-17)19-7-8-23(27(35)36)18(2)13-19/h3-5,7-9,12-14,16-17H,6,10-11,15H2,1-2H3,(H,35,36). The third-order valence-corrected chi connectivity index (χ3v) is 6.05. The van der Waals surface area contributed by atoms with Crippen LogP contribution in [0, 0.1) is 18.7 Å². The number of halogens is 4. The number of aliphatic imine (C=N–C) groups is 1. The number of hydrogen-bond donors (Lipinski definition) is 1. The smallest absolute Gasteiger partial charge is 0.390 e. The molecule has 9 heteroatoms. The fourth-order valence-electron chi connectivity index (χ4n) is 4.28. The summed E-state index contributed by atoms with van der Waals surface area (Å²) >= 11 is 0. The van der Waals surface area contributed by atoms with Gasteiger partial charge in [0.1, 0.15) is 17.3 Å². The molecule has 0 bridgehead atoms. The summed E-state index contributed by atoms with van der Waals surface area (Å²) in [6, 6.07) is 10.6. The molecule has 0 amide bonds. The summed E-state index contributed by atoms with van der Waals surface area (Å²) in [7, 11) is 0. The van der Waals surface area contributed by atoms with Gasteiger partial charge in [-0.1, -0.05) is 31.2 Å². The molecule has 0 aliphatic carbocycles. The molecule has 2 aromatic carbocycles. The molecular weight excluding hydrogens is 488 g/mol. The molecule has 1 atom stereocenters. The number of alkyl halides is 3. The molecule has 2 heterocycles. The second kappa shape index (κ2) is 10.6. The number of carboxylic acid groups (broad SMARTS) is 1. The van der Waals surface area contributed by atoms with E-state index >= 15 is 0 Å². The Morgan fingerprint density at radius 3 is 2.65 bits per heavy atom. The predicted molar refractivity (Wildman–Crippen MR) is 133 cm³/mol. The van der Waals surface area contributed by atoms with Crippen LogP contribution in [0.15, 0.2) is 77.3 Å². The first-order valence-electron chi connectivity index (χ1n) is 11.8. The summed E-state index contributed by atoms with van der Waals surface area (Å²) in [6.45, 7) is 3.29. The average molecular weight is 515 g/mol. The van der Waals surface area contributed by atoms with Crippen molar-refractivity contribution >= 4 is 17.4 Å². The molecule has 4 rings (SSSR count). The van der Waals surface area contributed by atoms with Gasteiger partial charge in [-0.2, -0.15) is 13.2 Å². The van der Waals surface area contributed by atoms with Crippen LogP contribution in [0.2, 0.25) is 0 Å². The Labute approximate surface area is 212 Å². The number of fused-ring (bicyclic) bond motifs is 1. The van der Waals surface area contributed by atoms with Gasteiger partial charge < -0.3 is 14.7 Å². The fraction of sp³-hybridized carbons (Fsp3) is 0.286. The lowest BCUT2D eigenvalue weighted by Crippen LogP contribution is -2.28. The quantitative estimate of drug-likeness (QED) is 0.417. The van der Waals surface area contributed by atoms with E-state index in [1.165, 1.54) is 24.3 Å². The third kappa shape index (κ3) is 6.47. The molecule has 0 spiro atoms. The van der Waals surface area contributed by atoms with Gasteiger partial charge in [-0.3, -0.25) is 4.99 Å². The van der Waals surface area contributed by atoms with Gasteiger partial charge in [-0.05, 0) is 54.7 Å². The van der Waals surface area contributed by atoms with Crippen LogP contribution in [0.4, 0.5) is 17.6 Å². The minimum Gasteiger partial charge on any atom is -0.478 e. The van der Waals surface area contributed by atoms with Crippen molar-refractivity contribution in [1.29, 1.82) is 0 Å². The minimum absolute atomic E-state index is 0.0879. The summed E-state index contributed by atoms with van der Waals surface area (Å²) < 4.78 is 58.3. The second-order valence-electron chi connectivity index (χ2n) is 9.08. The molecule has 194 valence electrons. The molecule has 2 aromatic rings. The summed E-state index contributed by atoms with van der Waals surface area (Å²) in [4.78, 5) is 17.6. The van der Waals surface area contributed by atoms with E-state index in [1.807, 2.05) is 24.0 Å². The van der Waals surface area contributed by atoms with Crippen molar-refractivity contribution in [2.75, 3.05) is 6.54 Å². The van der Waals surface area contributed by atoms with E-state index in [0.717, 1.165) is 11.3 Å². The van der Waals surface area contributed by atoms with Crippen LogP contribution in [0.1, 0.15) is 47.7 Å². The zero-order chi connectivity index (χ0) is 26.7. The Balaban J connectivity index is 1.78. The molecule has 0 aromatic heterocycles. The van der Waals surface area contributed by atoms with Gasteiger partial charge in [0.15, 0.2) is 0 Å². The van der Waals surface area contributed by atoms with Gasteiger partial charge in [-0.15, -0.1) is 0 Å².